The number of hydrogen-bond donors (Lipinski definition) is 2. The maximum absolute atomic E-state index is 11.9. The maximum Gasteiger partial charge on any atom is 0.573 e. The van der Waals surface area contributed by atoms with Gasteiger partial charge in [-0.1, -0.05) is 12.1 Å². The minimum absolute atomic E-state index is 0.218. The average Bonchev–Trinajstić information content (AvgIpc) is 2.15. The third-order valence-electron chi connectivity index (χ3n) is 1.86. The molecule has 0 radical (unpaired) electrons. The topological polar surface area (TPSA) is 55.5 Å². The molecule has 1 unspecified atom stereocenters. The molecule has 0 amide bonds. The lowest BCUT2D eigenvalue weighted by molar-refractivity contribution is -0.274. The van der Waals surface area contributed by atoms with Gasteiger partial charge in [-0.3, -0.25) is 0 Å². The quantitative estimate of drug-likeness (QED) is 0.830. The number of halogens is 3. The Morgan fingerprint density at radius 3 is 2.62 bits per heavy atom. The van der Waals surface area contributed by atoms with Gasteiger partial charge in [0.15, 0.2) is 0 Å². The molecule has 0 aliphatic rings. The number of benzene rings is 1. The molecule has 1 aromatic rings. The number of aliphatic hydroxyl groups is 1. The molecule has 1 aromatic carbocycles. The third-order valence-corrected chi connectivity index (χ3v) is 1.86. The van der Waals surface area contributed by atoms with E-state index in [9.17, 15) is 13.2 Å². The Hall–Kier alpha value is -1.27. The molecule has 0 aliphatic carbocycles. The highest BCUT2D eigenvalue weighted by Gasteiger charge is 2.31. The van der Waals surface area contributed by atoms with Crippen molar-refractivity contribution in [2.45, 2.75) is 18.8 Å². The molecule has 0 bridgehead atoms. The smallest absolute Gasteiger partial charge is 0.406 e. The lowest BCUT2D eigenvalue weighted by Crippen LogP contribution is -2.26. The van der Waals surface area contributed by atoms with Gasteiger partial charge in [0.2, 0.25) is 0 Å². The Labute approximate surface area is 90.6 Å². The summed E-state index contributed by atoms with van der Waals surface area (Å²) in [6.45, 7) is -0.218. The van der Waals surface area contributed by atoms with Crippen LogP contribution in [0.15, 0.2) is 24.3 Å². The van der Waals surface area contributed by atoms with Crippen molar-refractivity contribution >= 4 is 0 Å². The van der Waals surface area contributed by atoms with E-state index in [4.69, 9.17) is 10.8 Å². The van der Waals surface area contributed by atoms with Crippen molar-refractivity contribution in [3.8, 4) is 5.75 Å². The summed E-state index contributed by atoms with van der Waals surface area (Å²) in [6.07, 6.45) is -4.40. The van der Waals surface area contributed by atoms with Crippen LogP contribution in [0, 0.1) is 0 Å². The fraction of sp³-hybridized carbons (Fsp3) is 0.400. The van der Waals surface area contributed by atoms with E-state index in [1.807, 2.05) is 0 Å². The molecule has 1 rings (SSSR count). The largest absolute Gasteiger partial charge is 0.573 e. The van der Waals surface area contributed by atoms with Gasteiger partial charge in [0, 0.05) is 6.04 Å². The molecular weight excluding hydrogens is 223 g/mol. The Morgan fingerprint density at radius 2 is 2.06 bits per heavy atom. The summed E-state index contributed by atoms with van der Waals surface area (Å²) in [5, 5.41) is 8.72. The van der Waals surface area contributed by atoms with Crippen LogP contribution in [-0.4, -0.2) is 24.1 Å². The molecule has 6 heteroatoms. The Kier molecular flexibility index (Phi) is 4.14. The first-order chi connectivity index (χ1) is 7.40. The van der Waals surface area contributed by atoms with Crippen molar-refractivity contribution in [1.29, 1.82) is 0 Å². The van der Waals surface area contributed by atoms with Crippen LogP contribution in [0.4, 0.5) is 13.2 Å². The lowest BCUT2D eigenvalue weighted by Gasteiger charge is -2.11. The molecule has 90 valence electrons. The Morgan fingerprint density at radius 1 is 1.38 bits per heavy atom. The van der Waals surface area contributed by atoms with Crippen molar-refractivity contribution in [2.24, 2.45) is 5.73 Å². The van der Waals surface area contributed by atoms with Gasteiger partial charge in [0.05, 0.1) is 6.61 Å². The zero-order valence-corrected chi connectivity index (χ0v) is 8.37. The van der Waals surface area contributed by atoms with Gasteiger partial charge in [0.1, 0.15) is 5.75 Å². The zero-order valence-electron chi connectivity index (χ0n) is 8.37. The van der Waals surface area contributed by atoms with Gasteiger partial charge in [0.25, 0.3) is 0 Å². The average molecular weight is 235 g/mol. The van der Waals surface area contributed by atoms with Gasteiger partial charge in [-0.2, -0.15) is 0 Å². The Balaban J connectivity index is 2.71. The van der Waals surface area contributed by atoms with E-state index in [1.165, 1.54) is 18.2 Å². The van der Waals surface area contributed by atoms with Crippen LogP contribution >= 0.6 is 0 Å². The van der Waals surface area contributed by atoms with E-state index in [2.05, 4.69) is 4.74 Å². The normalized spacial score (nSPS) is 13.6. The molecule has 3 nitrogen and oxygen atoms in total. The summed E-state index contributed by atoms with van der Waals surface area (Å²) in [5.41, 5.74) is 6.06. The van der Waals surface area contributed by atoms with E-state index in [1.54, 1.807) is 6.07 Å². The first-order valence-corrected chi connectivity index (χ1v) is 4.62. The molecule has 0 aliphatic heterocycles. The summed E-state index contributed by atoms with van der Waals surface area (Å²) in [7, 11) is 0. The first-order valence-electron chi connectivity index (χ1n) is 4.62. The highest BCUT2D eigenvalue weighted by Crippen LogP contribution is 2.23. The van der Waals surface area contributed by atoms with Crippen LogP contribution in [0.5, 0.6) is 5.75 Å². The standard InChI is InChI=1S/C10H12F3NO2/c11-10(12,13)16-9-3-1-2-7(5-9)4-8(14)6-15/h1-3,5,8,15H,4,6,14H2. The second kappa shape index (κ2) is 5.18. The third kappa shape index (κ3) is 4.50. The fourth-order valence-electron chi connectivity index (χ4n) is 1.24. The summed E-state index contributed by atoms with van der Waals surface area (Å²) in [5.74, 6) is -0.282. The van der Waals surface area contributed by atoms with Crippen LogP contribution in [0.3, 0.4) is 0 Å². The zero-order chi connectivity index (χ0) is 12.2. The molecule has 0 heterocycles. The molecule has 0 spiro atoms. The van der Waals surface area contributed by atoms with Crippen LogP contribution in [0.1, 0.15) is 5.56 Å². The number of aliphatic hydroxyl groups excluding tert-OH is 1. The number of alkyl halides is 3. The van der Waals surface area contributed by atoms with Crippen molar-refractivity contribution in [2.75, 3.05) is 6.61 Å². The molecule has 16 heavy (non-hydrogen) atoms. The van der Waals surface area contributed by atoms with E-state index >= 15 is 0 Å². The second-order valence-electron chi connectivity index (χ2n) is 3.34. The fourth-order valence-corrected chi connectivity index (χ4v) is 1.24. The Bertz CT molecular complexity index is 341. The van der Waals surface area contributed by atoms with Gasteiger partial charge < -0.3 is 15.6 Å². The monoisotopic (exact) mass is 235 g/mol. The summed E-state index contributed by atoms with van der Waals surface area (Å²) in [4.78, 5) is 0. The van der Waals surface area contributed by atoms with E-state index in [0.29, 0.717) is 12.0 Å². The van der Waals surface area contributed by atoms with Crippen molar-refractivity contribution in [3.05, 3.63) is 29.8 Å². The van der Waals surface area contributed by atoms with Gasteiger partial charge in [-0.25, -0.2) is 0 Å². The SMILES string of the molecule is NC(CO)Cc1cccc(OC(F)(F)F)c1. The molecule has 0 fully saturated rings. The number of rotatable bonds is 4. The lowest BCUT2D eigenvalue weighted by atomic mass is 10.1. The van der Waals surface area contributed by atoms with Crippen LogP contribution in [0.2, 0.25) is 0 Å². The molecule has 0 aromatic heterocycles. The van der Waals surface area contributed by atoms with Gasteiger partial charge in [-0.15, -0.1) is 13.2 Å². The molecule has 0 saturated carbocycles. The van der Waals surface area contributed by atoms with Crippen LogP contribution < -0.4 is 10.5 Å². The predicted octanol–water partition coefficient (Wildman–Crippen LogP) is 1.45. The van der Waals surface area contributed by atoms with Crippen molar-refractivity contribution < 1.29 is 23.0 Å². The first kappa shape index (κ1) is 12.8. The second-order valence-corrected chi connectivity index (χ2v) is 3.34. The molecule has 1 atom stereocenters. The number of nitrogens with two attached hydrogens (primary N) is 1. The van der Waals surface area contributed by atoms with Gasteiger partial charge >= 0.3 is 6.36 Å². The molecule has 0 saturated heterocycles. The van der Waals surface area contributed by atoms with E-state index in [0.717, 1.165) is 0 Å². The maximum atomic E-state index is 11.9. The van der Waals surface area contributed by atoms with E-state index < -0.39 is 12.4 Å². The molecular formula is C10H12F3NO2. The highest BCUT2D eigenvalue weighted by atomic mass is 19.4. The van der Waals surface area contributed by atoms with Crippen LogP contribution in [0.25, 0.3) is 0 Å². The summed E-state index contributed by atoms with van der Waals surface area (Å²) >= 11 is 0. The predicted molar refractivity (Wildman–Crippen MR) is 51.9 cm³/mol. The van der Waals surface area contributed by atoms with Crippen molar-refractivity contribution in [3.63, 3.8) is 0 Å². The minimum Gasteiger partial charge on any atom is -0.406 e. The minimum atomic E-state index is -4.70. The van der Waals surface area contributed by atoms with E-state index in [-0.39, 0.29) is 12.4 Å². The van der Waals surface area contributed by atoms with Crippen molar-refractivity contribution in [1.82, 2.24) is 0 Å². The summed E-state index contributed by atoms with van der Waals surface area (Å²) < 4.78 is 39.5. The number of hydrogen-bond acceptors (Lipinski definition) is 3. The highest BCUT2D eigenvalue weighted by molar-refractivity contribution is 5.29. The van der Waals surface area contributed by atoms with Gasteiger partial charge in [-0.05, 0) is 24.1 Å². The molecule has 3 N–H and O–H groups in total. The van der Waals surface area contributed by atoms with Crippen LogP contribution in [-0.2, 0) is 6.42 Å². The number of ether oxygens (including phenoxy) is 1. The summed E-state index contributed by atoms with van der Waals surface area (Å²) in [6, 6.07) is 5.05.